The Morgan fingerprint density at radius 3 is 2.68 bits per heavy atom. The Bertz CT molecular complexity index is 425. The van der Waals surface area contributed by atoms with Gasteiger partial charge >= 0.3 is 0 Å². The summed E-state index contributed by atoms with van der Waals surface area (Å²) in [4.78, 5) is 0. The number of hydrogen-bond donors (Lipinski definition) is 2. The molecular formula is C16H24ClNO. The van der Waals surface area contributed by atoms with Gasteiger partial charge in [-0.25, -0.2) is 0 Å². The number of hydrogen-bond acceptors (Lipinski definition) is 2. The molecular weight excluding hydrogens is 258 g/mol. The number of aryl methyl sites for hydroxylation is 1. The zero-order valence-electron chi connectivity index (χ0n) is 11.9. The van der Waals surface area contributed by atoms with E-state index in [-0.39, 0.29) is 0 Å². The van der Waals surface area contributed by atoms with Crippen molar-refractivity contribution < 1.29 is 5.11 Å². The minimum atomic E-state index is -0.513. The minimum Gasteiger partial charge on any atom is -0.389 e. The van der Waals surface area contributed by atoms with E-state index in [1.54, 1.807) is 0 Å². The van der Waals surface area contributed by atoms with Gasteiger partial charge in [0.25, 0.3) is 0 Å². The van der Waals surface area contributed by atoms with Gasteiger partial charge in [-0.1, -0.05) is 30.7 Å². The molecule has 1 aromatic carbocycles. The van der Waals surface area contributed by atoms with Gasteiger partial charge in [0.05, 0.1) is 5.60 Å². The van der Waals surface area contributed by atoms with Crippen LogP contribution in [0.25, 0.3) is 0 Å². The number of halogens is 1. The molecule has 19 heavy (non-hydrogen) atoms. The lowest BCUT2D eigenvalue weighted by atomic mass is 9.79. The van der Waals surface area contributed by atoms with Crippen molar-refractivity contribution in [3.63, 3.8) is 0 Å². The SMILES string of the molecule is Cc1ccc(CNCC2(O)CCC(C)CC2)cc1Cl. The number of benzene rings is 1. The van der Waals surface area contributed by atoms with Crippen LogP contribution in [-0.4, -0.2) is 17.3 Å². The van der Waals surface area contributed by atoms with Crippen molar-refractivity contribution in [1.82, 2.24) is 5.32 Å². The normalized spacial score (nSPS) is 27.5. The number of nitrogens with one attached hydrogen (secondary N) is 1. The molecule has 0 atom stereocenters. The molecule has 0 spiro atoms. The van der Waals surface area contributed by atoms with E-state index in [1.807, 2.05) is 19.1 Å². The zero-order chi connectivity index (χ0) is 13.9. The standard InChI is InChI=1S/C16H24ClNO/c1-12-5-7-16(19,8-6-12)11-18-10-14-4-3-13(2)15(17)9-14/h3-4,9,12,18-19H,5-8,10-11H2,1-2H3. The molecule has 0 radical (unpaired) electrons. The van der Waals surface area contributed by atoms with Crippen molar-refractivity contribution in [3.05, 3.63) is 34.3 Å². The van der Waals surface area contributed by atoms with Crippen LogP contribution in [0.2, 0.25) is 5.02 Å². The van der Waals surface area contributed by atoms with E-state index >= 15 is 0 Å². The smallest absolute Gasteiger partial charge is 0.0771 e. The highest BCUT2D eigenvalue weighted by Gasteiger charge is 2.31. The summed E-state index contributed by atoms with van der Waals surface area (Å²) in [5, 5.41) is 14.7. The molecule has 0 aliphatic heterocycles. The summed E-state index contributed by atoms with van der Waals surface area (Å²) in [6.45, 7) is 5.70. The molecule has 0 bridgehead atoms. The second-order valence-electron chi connectivity index (χ2n) is 6.09. The average Bonchev–Trinajstić information content (AvgIpc) is 2.38. The van der Waals surface area contributed by atoms with Crippen molar-refractivity contribution in [2.45, 2.75) is 51.7 Å². The van der Waals surface area contributed by atoms with Crippen molar-refractivity contribution in [3.8, 4) is 0 Å². The molecule has 106 valence electrons. The molecule has 2 rings (SSSR count). The first-order chi connectivity index (χ1) is 8.98. The van der Waals surface area contributed by atoms with Crippen LogP contribution >= 0.6 is 11.6 Å². The highest BCUT2D eigenvalue weighted by molar-refractivity contribution is 6.31. The molecule has 1 aliphatic carbocycles. The summed E-state index contributed by atoms with van der Waals surface area (Å²) in [5.74, 6) is 0.760. The van der Waals surface area contributed by atoms with Gasteiger partial charge in [-0.3, -0.25) is 0 Å². The van der Waals surface area contributed by atoms with Crippen LogP contribution in [0.1, 0.15) is 43.7 Å². The van der Waals surface area contributed by atoms with Crippen molar-refractivity contribution in [2.75, 3.05) is 6.54 Å². The summed E-state index contributed by atoms with van der Waals surface area (Å²) in [6, 6.07) is 6.12. The summed E-state index contributed by atoms with van der Waals surface area (Å²) in [6.07, 6.45) is 4.09. The molecule has 3 heteroatoms. The quantitative estimate of drug-likeness (QED) is 0.882. The molecule has 0 aromatic heterocycles. The number of aliphatic hydroxyl groups is 1. The maximum Gasteiger partial charge on any atom is 0.0771 e. The predicted molar refractivity (Wildman–Crippen MR) is 80.5 cm³/mol. The van der Waals surface area contributed by atoms with E-state index in [1.165, 1.54) is 5.56 Å². The van der Waals surface area contributed by atoms with Crippen molar-refractivity contribution >= 4 is 11.6 Å². The summed E-state index contributed by atoms with van der Waals surface area (Å²) < 4.78 is 0. The van der Waals surface area contributed by atoms with Gasteiger partial charge < -0.3 is 10.4 Å². The summed E-state index contributed by atoms with van der Waals surface area (Å²) in [5.41, 5.74) is 1.76. The Balaban J connectivity index is 1.81. The van der Waals surface area contributed by atoms with Crippen LogP contribution < -0.4 is 5.32 Å². The lowest BCUT2D eigenvalue weighted by Crippen LogP contribution is -2.43. The van der Waals surface area contributed by atoms with E-state index in [2.05, 4.69) is 18.3 Å². The fourth-order valence-electron chi connectivity index (χ4n) is 2.66. The highest BCUT2D eigenvalue weighted by Crippen LogP contribution is 2.31. The minimum absolute atomic E-state index is 0.513. The van der Waals surface area contributed by atoms with E-state index in [0.717, 1.165) is 48.7 Å². The number of rotatable bonds is 4. The van der Waals surface area contributed by atoms with Crippen molar-refractivity contribution in [1.29, 1.82) is 0 Å². The highest BCUT2D eigenvalue weighted by atomic mass is 35.5. The second kappa shape index (κ2) is 6.25. The summed E-state index contributed by atoms with van der Waals surface area (Å²) in [7, 11) is 0. The lowest BCUT2D eigenvalue weighted by molar-refractivity contribution is -0.00630. The largest absolute Gasteiger partial charge is 0.389 e. The Hall–Kier alpha value is -0.570. The molecule has 1 fully saturated rings. The molecule has 2 N–H and O–H groups in total. The molecule has 1 aliphatic rings. The fourth-order valence-corrected chi connectivity index (χ4v) is 2.87. The van der Waals surface area contributed by atoms with Gasteiger partial charge in [0.1, 0.15) is 0 Å². The molecule has 2 nitrogen and oxygen atoms in total. The van der Waals surface area contributed by atoms with Crippen LogP contribution in [0.5, 0.6) is 0 Å². The van der Waals surface area contributed by atoms with Crippen molar-refractivity contribution in [2.24, 2.45) is 5.92 Å². The maximum atomic E-state index is 10.5. The molecule has 1 saturated carbocycles. The fraction of sp³-hybridized carbons (Fsp3) is 0.625. The Kier molecular flexibility index (Phi) is 4.88. The van der Waals surface area contributed by atoms with Crippen LogP contribution in [-0.2, 0) is 6.54 Å². The first kappa shape index (κ1) is 14.8. The molecule has 1 aromatic rings. The van der Waals surface area contributed by atoms with Gasteiger partial charge in [0, 0.05) is 18.1 Å². The van der Waals surface area contributed by atoms with Gasteiger partial charge in [-0.2, -0.15) is 0 Å². The van der Waals surface area contributed by atoms with E-state index < -0.39 is 5.60 Å². The first-order valence-corrected chi connectivity index (χ1v) is 7.54. The topological polar surface area (TPSA) is 32.3 Å². The third-order valence-electron chi connectivity index (χ3n) is 4.22. The van der Waals surface area contributed by atoms with Gasteiger partial charge in [-0.15, -0.1) is 0 Å². The molecule has 0 amide bonds. The Morgan fingerprint density at radius 2 is 2.05 bits per heavy atom. The predicted octanol–water partition coefficient (Wildman–Crippen LogP) is 3.68. The summed E-state index contributed by atoms with van der Waals surface area (Å²) >= 11 is 6.11. The maximum absolute atomic E-state index is 10.5. The zero-order valence-corrected chi connectivity index (χ0v) is 12.6. The Morgan fingerprint density at radius 1 is 1.37 bits per heavy atom. The third-order valence-corrected chi connectivity index (χ3v) is 4.63. The monoisotopic (exact) mass is 281 g/mol. The van der Waals surface area contributed by atoms with Crippen LogP contribution in [0.3, 0.4) is 0 Å². The van der Waals surface area contributed by atoms with Gasteiger partial charge in [0.15, 0.2) is 0 Å². The van der Waals surface area contributed by atoms with Crippen LogP contribution in [0.4, 0.5) is 0 Å². The third kappa shape index (κ3) is 4.20. The van der Waals surface area contributed by atoms with Gasteiger partial charge in [0.2, 0.25) is 0 Å². The lowest BCUT2D eigenvalue weighted by Gasteiger charge is -2.35. The van der Waals surface area contributed by atoms with E-state index in [0.29, 0.717) is 6.54 Å². The van der Waals surface area contributed by atoms with E-state index in [9.17, 15) is 5.11 Å². The molecule has 0 heterocycles. The van der Waals surface area contributed by atoms with Crippen LogP contribution in [0, 0.1) is 12.8 Å². The van der Waals surface area contributed by atoms with E-state index in [4.69, 9.17) is 11.6 Å². The molecule has 0 unspecified atom stereocenters. The molecule has 0 saturated heterocycles. The Labute approximate surface area is 121 Å². The first-order valence-electron chi connectivity index (χ1n) is 7.17. The van der Waals surface area contributed by atoms with Gasteiger partial charge in [-0.05, 0) is 55.7 Å². The average molecular weight is 282 g/mol. The van der Waals surface area contributed by atoms with Crippen LogP contribution in [0.15, 0.2) is 18.2 Å². The second-order valence-corrected chi connectivity index (χ2v) is 6.50.